The van der Waals surface area contributed by atoms with Crippen LogP contribution in [0, 0.1) is 0 Å². The Kier molecular flexibility index (Phi) is 3.44. The summed E-state index contributed by atoms with van der Waals surface area (Å²) in [5, 5.41) is 0. The molecule has 6 heteroatoms. The molecule has 44 valence electrons. The molecule has 1 aromatic heterocycles. The summed E-state index contributed by atoms with van der Waals surface area (Å²) >= 11 is 0. The first-order valence-electron chi connectivity index (χ1n) is 1.96. The number of hydrogen-bond donors (Lipinski definition) is 2. The van der Waals surface area contributed by atoms with Crippen LogP contribution in [-0.4, -0.2) is 44.5 Å². The molecule has 0 fully saturated rings. The van der Waals surface area contributed by atoms with Gasteiger partial charge in [-0.2, -0.15) is 4.98 Å². The Balaban J connectivity index is 0.000000640. The fraction of sp³-hybridized carbons (Fsp3) is 0. The van der Waals surface area contributed by atoms with Gasteiger partial charge in [0.25, 0.3) is 0 Å². The molecule has 0 aliphatic carbocycles. The van der Waals surface area contributed by atoms with Gasteiger partial charge in [-0.3, -0.25) is 4.98 Å². The zero-order valence-electron chi connectivity index (χ0n) is 3.96. The number of aromatic amines is 1. The molecule has 0 bridgehead atoms. The van der Waals surface area contributed by atoms with Crippen molar-refractivity contribution in [3.63, 3.8) is 0 Å². The third-order valence-corrected chi connectivity index (χ3v) is 0.601. The van der Waals surface area contributed by atoms with Crippen LogP contribution < -0.4 is 11.4 Å². The van der Waals surface area contributed by atoms with Crippen molar-refractivity contribution in [2.24, 2.45) is 0 Å². The van der Waals surface area contributed by atoms with E-state index in [2.05, 4.69) is 15.0 Å². The summed E-state index contributed by atoms with van der Waals surface area (Å²) < 4.78 is 0. The van der Waals surface area contributed by atoms with Gasteiger partial charge in [0.2, 0.25) is 5.95 Å². The first-order chi connectivity index (χ1) is 3.79. The third kappa shape index (κ3) is 2.59. The summed E-state index contributed by atoms with van der Waals surface area (Å²) in [6.07, 6.45) is 1.20. The number of nitrogens with one attached hydrogen (secondary N) is 1. The van der Waals surface area contributed by atoms with E-state index in [4.69, 9.17) is 5.73 Å². The van der Waals surface area contributed by atoms with Crippen molar-refractivity contribution in [2.75, 3.05) is 5.73 Å². The Hall–Kier alpha value is -0.390. The zero-order chi connectivity index (χ0) is 5.98. The minimum atomic E-state index is -0.475. The van der Waals surface area contributed by atoms with E-state index in [9.17, 15) is 4.79 Å². The van der Waals surface area contributed by atoms with Gasteiger partial charge >= 0.3 is 35.2 Å². The molecule has 0 radical (unpaired) electrons. The predicted octanol–water partition coefficient (Wildman–Crippen LogP) is -1.90. The van der Waals surface area contributed by atoms with Gasteiger partial charge in [-0.1, -0.05) is 0 Å². The molecule has 0 unspecified atom stereocenters. The van der Waals surface area contributed by atoms with Crippen LogP contribution in [0.4, 0.5) is 5.95 Å². The van der Waals surface area contributed by atoms with E-state index < -0.39 is 5.69 Å². The maximum atomic E-state index is 10.2. The van der Waals surface area contributed by atoms with Crippen molar-refractivity contribution in [3.05, 3.63) is 16.8 Å². The van der Waals surface area contributed by atoms with Crippen LogP contribution in [-0.2, 0) is 0 Å². The molecule has 0 amide bonds. The summed E-state index contributed by atoms with van der Waals surface area (Å²) in [6.45, 7) is 0. The monoisotopic (exact) mass is 136 g/mol. The van der Waals surface area contributed by atoms with Gasteiger partial charge in [-0.15, -0.1) is 0 Å². The van der Waals surface area contributed by atoms with Crippen LogP contribution in [0.1, 0.15) is 0 Å². The van der Waals surface area contributed by atoms with Crippen LogP contribution in [0.3, 0.4) is 0 Å². The second-order valence-electron chi connectivity index (χ2n) is 1.18. The first kappa shape index (κ1) is 8.61. The average Bonchev–Trinajstić information content (AvgIpc) is 1.64. The second kappa shape index (κ2) is 3.60. The van der Waals surface area contributed by atoms with E-state index in [0.29, 0.717) is 0 Å². The molecule has 9 heavy (non-hydrogen) atoms. The Morgan fingerprint density at radius 2 is 2.33 bits per heavy atom. The summed E-state index contributed by atoms with van der Waals surface area (Å²) in [7, 11) is 0. The molecule has 1 rings (SSSR count). The number of aromatic nitrogens is 3. The Morgan fingerprint density at radius 1 is 1.67 bits per heavy atom. The molecule has 0 aromatic carbocycles. The van der Waals surface area contributed by atoms with E-state index >= 15 is 0 Å². The fourth-order valence-corrected chi connectivity index (χ4v) is 0.319. The minimum absolute atomic E-state index is 0. The molecule has 3 N–H and O–H groups in total. The van der Waals surface area contributed by atoms with Gasteiger partial charge in [-0.25, -0.2) is 9.78 Å². The number of nitrogen functional groups attached to an aromatic ring is 1. The summed E-state index contributed by atoms with van der Waals surface area (Å²) in [5.41, 5.74) is 4.54. The molecule has 1 aromatic rings. The van der Waals surface area contributed by atoms with Crippen LogP contribution in [0.5, 0.6) is 0 Å². The molecule has 1 heterocycles. The average molecular weight is 136 g/mol. The standard InChI is InChI=1S/C3H4N4O.Na.H/c4-2-5-1-6-3(8)7-2;;/h1H,(H3,4,5,6,7,8);;. The van der Waals surface area contributed by atoms with Gasteiger partial charge in [0.05, 0.1) is 0 Å². The van der Waals surface area contributed by atoms with Crippen LogP contribution in [0.25, 0.3) is 0 Å². The fourth-order valence-electron chi connectivity index (χ4n) is 0.319. The van der Waals surface area contributed by atoms with E-state index in [1.54, 1.807) is 0 Å². The number of nitrogens with two attached hydrogens (primary N) is 1. The van der Waals surface area contributed by atoms with Gasteiger partial charge in [-0.05, 0) is 0 Å². The van der Waals surface area contributed by atoms with Crippen molar-refractivity contribution in [3.8, 4) is 0 Å². The number of anilines is 1. The molecule has 0 spiro atoms. The molecule has 0 saturated carbocycles. The number of rotatable bonds is 0. The Morgan fingerprint density at radius 3 is 2.67 bits per heavy atom. The first-order valence-corrected chi connectivity index (χ1v) is 1.96. The molecule has 0 aliphatic heterocycles. The van der Waals surface area contributed by atoms with Gasteiger partial charge in [0.15, 0.2) is 0 Å². The Labute approximate surface area is 73.0 Å². The molecular formula is C3H5N4NaO. The van der Waals surface area contributed by atoms with E-state index in [1.807, 2.05) is 0 Å². The number of H-pyrrole nitrogens is 1. The molecule has 0 atom stereocenters. The predicted molar refractivity (Wildman–Crippen MR) is 34.2 cm³/mol. The van der Waals surface area contributed by atoms with Gasteiger partial charge in [0.1, 0.15) is 6.33 Å². The van der Waals surface area contributed by atoms with E-state index in [0.717, 1.165) is 0 Å². The summed E-state index contributed by atoms with van der Waals surface area (Å²) in [5.74, 6) is -0.00579. The second-order valence-corrected chi connectivity index (χ2v) is 1.18. The normalized spacial score (nSPS) is 8.00. The third-order valence-electron chi connectivity index (χ3n) is 0.601. The summed E-state index contributed by atoms with van der Waals surface area (Å²) in [4.78, 5) is 19.1. The zero-order valence-corrected chi connectivity index (χ0v) is 3.96. The molecular weight excluding hydrogens is 131 g/mol. The molecule has 0 saturated heterocycles. The van der Waals surface area contributed by atoms with Crippen molar-refractivity contribution < 1.29 is 0 Å². The van der Waals surface area contributed by atoms with Crippen molar-refractivity contribution >= 4 is 35.5 Å². The molecule has 0 aliphatic rings. The molecule has 5 nitrogen and oxygen atoms in total. The number of nitrogens with zero attached hydrogens (tertiary/aromatic N) is 2. The van der Waals surface area contributed by atoms with E-state index in [1.165, 1.54) is 6.33 Å². The quantitative estimate of drug-likeness (QED) is 0.408. The SMILES string of the molecule is Nc1nc[nH]c(=O)n1.[NaH]. The summed E-state index contributed by atoms with van der Waals surface area (Å²) in [6, 6.07) is 0. The van der Waals surface area contributed by atoms with Crippen LogP contribution in [0.15, 0.2) is 11.1 Å². The topological polar surface area (TPSA) is 84.7 Å². The van der Waals surface area contributed by atoms with Crippen molar-refractivity contribution in [1.29, 1.82) is 0 Å². The number of hydrogen-bond acceptors (Lipinski definition) is 4. The van der Waals surface area contributed by atoms with Crippen LogP contribution >= 0.6 is 0 Å². The Bertz CT molecular complexity index is 233. The van der Waals surface area contributed by atoms with Crippen molar-refractivity contribution in [1.82, 2.24) is 15.0 Å². The van der Waals surface area contributed by atoms with E-state index in [-0.39, 0.29) is 35.5 Å². The van der Waals surface area contributed by atoms with Gasteiger partial charge < -0.3 is 5.73 Å². The maximum absolute atomic E-state index is 10.2. The van der Waals surface area contributed by atoms with Gasteiger partial charge in [0, 0.05) is 0 Å². The van der Waals surface area contributed by atoms with Crippen molar-refractivity contribution in [2.45, 2.75) is 0 Å². The van der Waals surface area contributed by atoms with Crippen LogP contribution in [0.2, 0.25) is 0 Å².